The summed E-state index contributed by atoms with van der Waals surface area (Å²) in [6.07, 6.45) is 0. The summed E-state index contributed by atoms with van der Waals surface area (Å²) in [5, 5.41) is 3.17. The molecule has 0 saturated heterocycles. The molecule has 5 heteroatoms. The van der Waals surface area contributed by atoms with Crippen molar-refractivity contribution in [3.63, 3.8) is 0 Å². The smallest absolute Gasteiger partial charge is 0.129 e. The van der Waals surface area contributed by atoms with E-state index in [-0.39, 0.29) is 11.9 Å². The van der Waals surface area contributed by atoms with Crippen LogP contribution in [0.15, 0.2) is 45.3 Å². The maximum Gasteiger partial charge on any atom is 0.129 e. The van der Waals surface area contributed by atoms with Gasteiger partial charge in [0, 0.05) is 14.5 Å². The highest BCUT2D eigenvalue weighted by molar-refractivity contribution is 9.10. The van der Waals surface area contributed by atoms with Crippen LogP contribution >= 0.6 is 31.9 Å². The Hall–Kier alpha value is -0.910. The zero-order chi connectivity index (χ0) is 15.4. The minimum atomic E-state index is -0.259. The number of benzene rings is 2. The van der Waals surface area contributed by atoms with Gasteiger partial charge in [-0.05, 0) is 43.8 Å². The van der Waals surface area contributed by atoms with Gasteiger partial charge in [-0.25, -0.2) is 4.39 Å². The van der Waals surface area contributed by atoms with Crippen LogP contribution in [0.1, 0.15) is 24.1 Å². The van der Waals surface area contributed by atoms with Gasteiger partial charge in [0.25, 0.3) is 0 Å². The van der Waals surface area contributed by atoms with E-state index in [2.05, 4.69) is 37.2 Å². The number of hydrogen-bond acceptors (Lipinski definition) is 2. The van der Waals surface area contributed by atoms with E-state index in [1.165, 1.54) is 6.07 Å². The Morgan fingerprint density at radius 3 is 2.52 bits per heavy atom. The first-order valence-corrected chi connectivity index (χ1v) is 8.20. The second-order valence-corrected chi connectivity index (χ2v) is 6.18. The van der Waals surface area contributed by atoms with E-state index in [0.717, 1.165) is 20.3 Å². The Kier molecular flexibility index (Phi) is 5.79. The lowest BCUT2D eigenvalue weighted by molar-refractivity contribution is 0.340. The van der Waals surface area contributed by atoms with Crippen molar-refractivity contribution in [2.75, 3.05) is 13.7 Å². The fourth-order valence-electron chi connectivity index (χ4n) is 2.24. The molecule has 0 fully saturated rings. The molecule has 0 bridgehead atoms. The minimum absolute atomic E-state index is 0.246. The first kappa shape index (κ1) is 16.5. The van der Waals surface area contributed by atoms with Crippen molar-refractivity contribution in [2.24, 2.45) is 0 Å². The molecule has 2 nitrogen and oxygen atoms in total. The zero-order valence-electron chi connectivity index (χ0n) is 11.8. The summed E-state index contributed by atoms with van der Waals surface area (Å²) >= 11 is 6.98. The maximum absolute atomic E-state index is 14.2. The van der Waals surface area contributed by atoms with Crippen LogP contribution in [-0.4, -0.2) is 13.7 Å². The fraction of sp³-hybridized carbons (Fsp3) is 0.250. The molecule has 0 amide bonds. The van der Waals surface area contributed by atoms with Crippen molar-refractivity contribution >= 4 is 31.9 Å². The van der Waals surface area contributed by atoms with Crippen molar-refractivity contribution in [1.82, 2.24) is 5.32 Å². The summed E-state index contributed by atoms with van der Waals surface area (Å²) in [5.74, 6) is 0.542. The number of hydrogen-bond donors (Lipinski definition) is 1. The van der Waals surface area contributed by atoms with Gasteiger partial charge in [0.2, 0.25) is 0 Å². The van der Waals surface area contributed by atoms with Crippen LogP contribution < -0.4 is 10.1 Å². The fourth-order valence-corrected chi connectivity index (χ4v) is 3.40. The van der Waals surface area contributed by atoms with Gasteiger partial charge in [0.05, 0.1) is 12.6 Å². The summed E-state index contributed by atoms with van der Waals surface area (Å²) in [4.78, 5) is 0. The molecule has 0 saturated carbocycles. The van der Waals surface area contributed by atoms with E-state index in [9.17, 15) is 4.39 Å². The van der Waals surface area contributed by atoms with Crippen LogP contribution in [0.25, 0.3) is 0 Å². The third-order valence-electron chi connectivity index (χ3n) is 3.17. The molecule has 0 aliphatic heterocycles. The molecule has 1 unspecified atom stereocenters. The van der Waals surface area contributed by atoms with Crippen LogP contribution in [0.3, 0.4) is 0 Å². The molecule has 21 heavy (non-hydrogen) atoms. The average molecular weight is 417 g/mol. The second-order valence-electron chi connectivity index (χ2n) is 4.47. The average Bonchev–Trinajstić information content (AvgIpc) is 2.44. The number of nitrogens with one attached hydrogen (secondary N) is 1. The molecular formula is C16H16Br2FNO. The third kappa shape index (κ3) is 3.65. The van der Waals surface area contributed by atoms with Crippen molar-refractivity contribution in [3.8, 4) is 5.75 Å². The largest absolute Gasteiger partial charge is 0.494 e. The molecule has 0 spiro atoms. The number of rotatable bonds is 5. The lowest BCUT2D eigenvalue weighted by atomic mass is 9.98. The van der Waals surface area contributed by atoms with E-state index in [1.54, 1.807) is 6.07 Å². The van der Waals surface area contributed by atoms with Crippen LogP contribution in [0.2, 0.25) is 0 Å². The molecule has 2 rings (SSSR count). The SMILES string of the molecule is CCOc1ccc(C(NC)c2c(F)cccc2Br)c(Br)c1. The molecule has 0 aliphatic carbocycles. The maximum atomic E-state index is 14.2. The zero-order valence-corrected chi connectivity index (χ0v) is 15.0. The predicted molar refractivity (Wildman–Crippen MR) is 90.3 cm³/mol. The summed E-state index contributed by atoms with van der Waals surface area (Å²) in [6, 6.07) is 10.5. The quantitative estimate of drug-likeness (QED) is 0.735. The summed E-state index contributed by atoms with van der Waals surface area (Å²) in [5.41, 5.74) is 1.54. The topological polar surface area (TPSA) is 21.3 Å². The van der Waals surface area contributed by atoms with Crippen LogP contribution in [-0.2, 0) is 0 Å². The predicted octanol–water partition coefficient (Wildman–Crippen LogP) is 5.06. The normalized spacial score (nSPS) is 12.2. The van der Waals surface area contributed by atoms with Gasteiger partial charge in [0.1, 0.15) is 11.6 Å². The van der Waals surface area contributed by atoms with Crippen molar-refractivity contribution < 1.29 is 9.13 Å². The summed E-state index contributed by atoms with van der Waals surface area (Å²) in [7, 11) is 1.81. The van der Waals surface area contributed by atoms with Crippen molar-refractivity contribution in [2.45, 2.75) is 13.0 Å². The third-order valence-corrected chi connectivity index (χ3v) is 4.55. The van der Waals surface area contributed by atoms with Gasteiger partial charge in [-0.3, -0.25) is 0 Å². The van der Waals surface area contributed by atoms with Crippen LogP contribution in [0, 0.1) is 5.82 Å². The van der Waals surface area contributed by atoms with Crippen LogP contribution in [0.4, 0.5) is 4.39 Å². The van der Waals surface area contributed by atoms with Crippen molar-refractivity contribution in [3.05, 3.63) is 62.3 Å². The molecule has 112 valence electrons. The van der Waals surface area contributed by atoms with Gasteiger partial charge >= 0.3 is 0 Å². The first-order chi connectivity index (χ1) is 10.1. The summed E-state index contributed by atoms with van der Waals surface area (Å²) < 4.78 is 21.3. The molecule has 1 atom stereocenters. The van der Waals surface area contributed by atoms with E-state index < -0.39 is 0 Å². The summed E-state index contributed by atoms with van der Waals surface area (Å²) in [6.45, 7) is 2.55. The van der Waals surface area contributed by atoms with Crippen LogP contribution in [0.5, 0.6) is 5.75 Å². The molecule has 1 N–H and O–H groups in total. The highest BCUT2D eigenvalue weighted by atomic mass is 79.9. The monoisotopic (exact) mass is 415 g/mol. The lowest BCUT2D eigenvalue weighted by Crippen LogP contribution is -2.20. The highest BCUT2D eigenvalue weighted by Gasteiger charge is 2.21. The van der Waals surface area contributed by atoms with E-state index in [4.69, 9.17) is 4.74 Å². The molecular weight excluding hydrogens is 401 g/mol. The standard InChI is InChI=1S/C16H16Br2FNO/c1-3-21-10-7-8-11(13(18)9-10)16(20-2)15-12(17)5-4-6-14(15)19/h4-9,16,20H,3H2,1-2H3. The Balaban J connectivity index is 2.47. The number of halogens is 3. The molecule has 2 aromatic carbocycles. The molecule has 0 aromatic heterocycles. The van der Waals surface area contributed by atoms with Gasteiger partial charge in [0.15, 0.2) is 0 Å². The van der Waals surface area contributed by atoms with Gasteiger partial charge < -0.3 is 10.1 Å². The van der Waals surface area contributed by atoms with E-state index >= 15 is 0 Å². The Labute approximate surface area is 141 Å². The highest BCUT2D eigenvalue weighted by Crippen LogP contribution is 2.35. The van der Waals surface area contributed by atoms with Gasteiger partial charge in [-0.2, -0.15) is 0 Å². The lowest BCUT2D eigenvalue weighted by Gasteiger charge is -2.21. The first-order valence-electron chi connectivity index (χ1n) is 6.61. The molecule has 2 aromatic rings. The second kappa shape index (κ2) is 7.38. The molecule has 0 heterocycles. The minimum Gasteiger partial charge on any atom is -0.494 e. The van der Waals surface area contributed by atoms with E-state index in [0.29, 0.717) is 12.2 Å². The number of ether oxygens (including phenoxy) is 1. The van der Waals surface area contributed by atoms with Gasteiger partial charge in [-0.15, -0.1) is 0 Å². The molecule has 0 radical (unpaired) electrons. The van der Waals surface area contributed by atoms with Crippen molar-refractivity contribution in [1.29, 1.82) is 0 Å². The Bertz CT molecular complexity index is 613. The molecule has 0 aliphatic rings. The Morgan fingerprint density at radius 2 is 1.95 bits per heavy atom. The van der Waals surface area contributed by atoms with Gasteiger partial charge in [-0.1, -0.05) is 44.0 Å². The van der Waals surface area contributed by atoms with E-state index in [1.807, 2.05) is 38.2 Å². The Morgan fingerprint density at radius 1 is 1.19 bits per heavy atom.